The molecule has 3 N–H and O–H groups in total. The van der Waals surface area contributed by atoms with Crippen molar-refractivity contribution in [2.45, 2.75) is 65.2 Å². The highest BCUT2D eigenvalue weighted by atomic mass is 16.7. The van der Waals surface area contributed by atoms with Crippen molar-refractivity contribution in [2.75, 3.05) is 13.7 Å². The highest BCUT2D eigenvalue weighted by Gasteiger charge is 2.29. The SMILES string of the molecule is CCc1c(-c2ccc3ccccc3c2)c(C(=O)N(CC)OC)c(C)n1CC[C@@H](O)C[C@@H](O)CC(=O)O. The molecule has 0 bridgehead atoms. The van der Waals surface area contributed by atoms with Crippen LogP contribution in [0.1, 0.15) is 54.9 Å². The summed E-state index contributed by atoms with van der Waals surface area (Å²) >= 11 is 0. The van der Waals surface area contributed by atoms with Crippen LogP contribution in [-0.4, -0.2) is 62.7 Å². The summed E-state index contributed by atoms with van der Waals surface area (Å²) in [4.78, 5) is 29.8. The van der Waals surface area contributed by atoms with Crippen molar-refractivity contribution in [1.29, 1.82) is 0 Å². The summed E-state index contributed by atoms with van der Waals surface area (Å²) < 4.78 is 2.05. The number of carboxylic acids is 1. The number of hydroxylamine groups is 2. The number of fused-ring (bicyclic) bond motifs is 1. The molecule has 3 aromatic rings. The Bertz CT molecular complexity index is 1210. The van der Waals surface area contributed by atoms with E-state index in [9.17, 15) is 19.8 Å². The third kappa shape index (κ3) is 5.95. The fraction of sp³-hybridized carbons (Fsp3) is 0.429. The number of hydrogen-bond acceptors (Lipinski definition) is 5. The standard InChI is InChI=1S/C28H36N2O6/c1-5-24-27(21-12-11-19-9-7-8-10-20(19)15-21)26(28(35)30(6-2)36-4)18(3)29(24)14-13-22(31)16-23(32)17-25(33)34/h7-12,15,22-23,31-32H,5-6,13-14,16-17H2,1-4H3,(H,33,34)/t22-,23-/m1/s1. The molecule has 0 unspecified atom stereocenters. The van der Waals surface area contributed by atoms with Crippen LogP contribution in [0.15, 0.2) is 42.5 Å². The van der Waals surface area contributed by atoms with E-state index in [0.717, 1.165) is 33.3 Å². The van der Waals surface area contributed by atoms with Gasteiger partial charge < -0.3 is 19.9 Å². The summed E-state index contributed by atoms with van der Waals surface area (Å²) in [5, 5.41) is 32.7. The molecule has 3 rings (SSSR count). The van der Waals surface area contributed by atoms with Crippen LogP contribution in [0.4, 0.5) is 0 Å². The first kappa shape index (κ1) is 27.4. The smallest absolute Gasteiger partial charge is 0.305 e. The maximum atomic E-state index is 13.6. The van der Waals surface area contributed by atoms with Crippen molar-refractivity contribution >= 4 is 22.6 Å². The third-order valence-corrected chi connectivity index (χ3v) is 6.59. The van der Waals surface area contributed by atoms with E-state index in [-0.39, 0.29) is 12.3 Å². The zero-order chi connectivity index (χ0) is 26.4. The van der Waals surface area contributed by atoms with Gasteiger partial charge in [0.05, 0.1) is 31.3 Å². The van der Waals surface area contributed by atoms with Gasteiger partial charge in [-0.1, -0.05) is 43.3 Å². The highest BCUT2D eigenvalue weighted by Crippen LogP contribution is 2.36. The molecule has 8 nitrogen and oxygen atoms in total. The Hall–Kier alpha value is -3.20. The number of carbonyl (C=O) groups is 2. The van der Waals surface area contributed by atoms with E-state index < -0.39 is 24.6 Å². The third-order valence-electron chi connectivity index (χ3n) is 6.59. The van der Waals surface area contributed by atoms with Crippen molar-refractivity contribution in [3.05, 3.63) is 59.4 Å². The molecule has 2 aromatic carbocycles. The van der Waals surface area contributed by atoms with Crippen molar-refractivity contribution in [1.82, 2.24) is 9.63 Å². The number of aliphatic hydroxyl groups is 2. The van der Waals surface area contributed by atoms with E-state index in [1.54, 1.807) is 0 Å². The molecule has 0 saturated heterocycles. The van der Waals surface area contributed by atoms with E-state index in [2.05, 4.69) is 6.07 Å². The van der Waals surface area contributed by atoms with Gasteiger partial charge in [0.15, 0.2) is 0 Å². The Balaban J connectivity index is 2.06. The number of benzene rings is 2. The maximum Gasteiger partial charge on any atom is 0.305 e. The molecule has 0 radical (unpaired) electrons. The number of carboxylic acid groups (broad SMARTS) is 1. The molecule has 1 amide bonds. The molecule has 0 aliphatic rings. The van der Waals surface area contributed by atoms with Gasteiger partial charge >= 0.3 is 5.97 Å². The van der Waals surface area contributed by atoms with Gasteiger partial charge in [0.2, 0.25) is 0 Å². The Morgan fingerprint density at radius 2 is 1.75 bits per heavy atom. The zero-order valence-electron chi connectivity index (χ0n) is 21.4. The summed E-state index contributed by atoms with van der Waals surface area (Å²) in [6, 6.07) is 14.2. The van der Waals surface area contributed by atoms with E-state index >= 15 is 0 Å². The Kier molecular flexibility index (Phi) is 9.25. The molecule has 194 valence electrons. The number of nitrogens with zero attached hydrogens (tertiary/aromatic N) is 2. The molecule has 36 heavy (non-hydrogen) atoms. The average molecular weight is 497 g/mol. The van der Waals surface area contributed by atoms with Crippen LogP contribution in [0.3, 0.4) is 0 Å². The first-order valence-corrected chi connectivity index (χ1v) is 12.4. The predicted octanol–water partition coefficient (Wildman–Crippen LogP) is 4.18. The normalized spacial score (nSPS) is 13.1. The Morgan fingerprint density at radius 1 is 1.06 bits per heavy atom. The second-order valence-corrected chi connectivity index (χ2v) is 8.96. The van der Waals surface area contributed by atoms with Crippen LogP contribution in [0.2, 0.25) is 0 Å². The summed E-state index contributed by atoms with van der Waals surface area (Å²) in [7, 11) is 1.48. The second-order valence-electron chi connectivity index (χ2n) is 8.96. The molecule has 2 atom stereocenters. The van der Waals surface area contributed by atoms with E-state index in [0.29, 0.717) is 31.5 Å². The Labute approximate surface area is 211 Å². The van der Waals surface area contributed by atoms with Gasteiger partial charge in [0.1, 0.15) is 0 Å². The number of aliphatic carboxylic acids is 1. The lowest BCUT2D eigenvalue weighted by Crippen LogP contribution is -2.30. The molecule has 0 aliphatic heterocycles. The number of hydrogen-bond donors (Lipinski definition) is 3. The van der Waals surface area contributed by atoms with Gasteiger partial charge in [-0.15, -0.1) is 0 Å². The molecular weight excluding hydrogens is 460 g/mol. The van der Waals surface area contributed by atoms with Crippen molar-refractivity contribution in [3.8, 4) is 11.1 Å². The fourth-order valence-electron chi connectivity index (χ4n) is 4.86. The maximum absolute atomic E-state index is 13.6. The largest absolute Gasteiger partial charge is 0.481 e. The topological polar surface area (TPSA) is 112 Å². The Morgan fingerprint density at radius 3 is 2.36 bits per heavy atom. The van der Waals surface area contributed by atoms with Crippen LogP contribution < -0.4 is 0 Å². The highest BCUT2D eigenvalue weighted by molar-refractivity contribution is 6.03. The van der Waals surface area contributed by atoms with Gasteiger partial charge in [0.25, 0.3) is 5.91 Å². The minimum absolute atomic E-state index is 0.0231. The lowest BCUT2D eigenvalue weighted by molar-refractivity contribution is -0.139. The van der Waals surface area contributed by atoms with Crippen LogP contribution in [-0.2, 0) is 22.6 Å². The lowest BCUT2D eigenvalue weighted by Gasteiger charge is -2.19. The minimum atomic E-state index is -1.11. The van der Waals surface area contributed by atoms with Crippen LogP contribution in [0, 0.1) is 6.92 Å². The number of aliphatic hydroxyl groups excluding tert-OH is 2. The van der Waals surface area contributed by atoms with E-state index in [4.69, 9.17) is 9.94 Å². The molecule has 1 heterocycles. The molecule has 0 aliphatic carbocycles. The summed E-state index contributed by atoms with van der Waals surface area (Å²) in [6.07, 6.45) is -1.45. The van der Waals surface area contributed by atoms with Gasteiger partial charge in [-0.2, -0.15) is 0 Å². The summed E-state index contributed by atoms with van der Waals surface area (Å²) in [5.74, 6) is -1.34. The van der Waals surface area contributed by atoms with Crippen molar-refractivity contribution < 1.29 is 29.7 Å². The number of carbonyl (C=O) groups excluding carboxylic acids is 1. The van der Waals surface area contributed by atoms with Gasteiger partial charge in [-0.25, -0.2) is 5.06 Å². The van der Waals surface area contributed by atoms with Crippen LogP contribution in [0.25, 0.3) is 21.9 Å². The second kappa shape index (κ2) is 12.2. The number of amides is 1. The fourth-order valence-corrected chi connectivity index (χ4v) is 4.86. The first-order valence-electron chi connectivity index (χ1n) is 12.4. The number of aromatic nitrogens is 1. The lowest BCUT2D eigenvalue weighted by atomic mass is 9.96. The molecule has 0 spiro atoms. The molecule has 1 aromatic heterocycles. The van der Waals surface area contributed by atoms with Crippen LogP contribution in [0.5, 0.6) is 0 Å². The van der Waals surface area contributed by atoms with Crippen molar-refractivity contribution in [2.24, 2.45) is 0 Å². The van der Waals surface area contributed by atoms with Gasteiger partial charge in [-0.3, -0.25) is 14.4 Å². The molecule has 0 fully saturated rings. The summed E-state index contributed by atoms with van der Waals surface area (Å²) in [5.41, 5.74) is 4.08. The molecular formula is C28H36N2O6. The summed E-state index contributed by atoms with van der Waals surface area (Å²) in [6.45, 7) is 6.59. The van der Waals surface area contributed by atoms with Gasteiger partial charge in [0, 0.05) is 30.0 Å². The van der Waals surface area contributed by atoms with E-state index in [1.165, 1.54) is 12.2 Å². The molecule has 8 heteroatoms. The predicted molar refractivity (Wildman–Crippen MR) is 139 cm³/mol. The van der Waals surface area contributed by atoms with Crippen molar-refractivity contribution in [3.63, 3.8) is 0 Å². The first-order chi connectivity index (χ1) is 17.2. The van der Waals surface area contributed by atoms with Crippen LogP contribution >= 0.6 is 0 Å². The zero-order valence-corrected chi connectivity index (χ0v) is 21.4. The quantitative estimate of drug-likeness (QED) is 0.324. The monoisotopic (exact) mass is 496 g/mol. The minimum Gasteiger partial charge on any atom is -0.481 e. The van der Waals surface area contributed by atoms with Gasteiger partial charge in [-0.05, 0) is 55.5 Å². The number of rotatable bonds is 12. The average Bonchev–Trinajstić information content (AvgIpc) is 3.13. The van der Waals surface area contributed by atoms with E-state index in [1.807, 2.05) is 61.7 Å². The molecule has 0 saturated carbocycles.